The van der Waals surface area contributed by atoms with Crippen LogP contribution in [0.2, 0.25) is 0 Å². The first kappa shape index (κ1) is 23.0. The maximum Gasteiger partial charge on any atom is 0.392 e. The zero-order valence-corrected chi connectivity index (χ0v) is 17.0. The molecule has 1 atom stereocenters. The van der Waals surface area contributed by atoms with Crippen molar-refractivity contribution in [1.29, 1.82) is 0 Å². The van der Waals surface area contributed by atoms with Gasteiger partial charge in [0, 0.05) is 24.4 Å². The van der Waals surface area contributed by atoms with E-state index >= 15 is 0 Å². The Labute approximate surface area is 177 Å². The predicted octanol–water partition coefficient (Wildman–Crippen LogP) is 4.88. The van der Waals surface area contributed by atoms with E-state index in [1.165, 1.54) is 25.3 Å². The van der Waals surface area contributed by atoms with Gasteiger partial charge in [0.2, 0.25) is 5.88 Å². The highest BCUT2D eigenvalue weighted by Gasteiger charge is 2.37. The topological polar surface area (TPSA) is 62.7 Å². The number of benzene rings is 1. The van der Waals surface area contributed by atoms with Crippen molar-refractivity contribution in [2.24, 2.45) is 11.8 Å². The summed E-state index contributed by atoms with van der Waals surface area (Å²) in [5.41, 5.74) is 0.730. The number of alkyl halides is 3. The van der Waals surface area contributed by atoms with Gasteiger partial charge in [-0.2, -0.15) is 13.2 Å². The molecular weight excluding hydrogens is 416 g/mol. The fourth-order valence-electron chi connectivity index (χ4n) is 3.53. The van der Waals surface area contributed by atoms with E-state index in [9.17, 15) is 22.4 Å². The van der Waals surface area contributed by atoms with Crippen molar-refractivity contribution in [2.45, 2.75) is 25.9 Å². The Hall–Kier alpha value is -2.68. The standard InChI is InChI=1S/C22H24F4N2O3/c1-14(22(24,25)26)12-28-8-6-15(7-9-28)13-31-20-5-3-17(11-27-20)16-2-4-18(21(29)30)19(23)10-16/h2-5,10-11,14-15H,6-9,12-13H2,1H3,(H,29,30). The lowest BCUT2D eigenvalue weighted by Crippen LogP contribution is -2.41. The van der Waals surface area contributed by atoms with Crippen LogP contribution in [0.15, 0.2) is 36.5 Å². The van der Waals surface area contributed by atoms with Gasteiger partial charge in [-0.25, -0.2) is 14.2 Å². The lowest BCUT2D eigenvalue weighted by molar-refractivity contribution is -0.174. The number of pyridine rings is 1. The average molecular weight is 440 g/mol. The Morgan fingerprint density at radius 3 is 2.45 bits per heavy atom. The van der Waals surface area contributed by atoms with Gasteiger partial charge in [-0.3, -0.25) is 0 Å². The number of hydrogen-bond acceptors (Lipinski definition) is 4. The summed E-state index contributed by atoms with van der Waals surface area (Å²) in [4.78, 5) is 17.0. The van der Waals surface area contributed by atoms with Crippen molar-refractivity contribution >= 4 is 5.97 Å². The molecule has 1 N–H and O–H groups in total. The summed E-state index contributed by atoms with van der Waals surface area (Å²) in [6.45, 7) is 2.88. The summed E-state index contributed by atoms with van der Waals surface area (Å²) in [5, 5.41) is 8.90. The maximum absolute atomic E-state index is 13.9. The van der Waals surface area contributed by atoms with Gasteiger partial charge < -0.3 is 14.7 Å². The van der Waals surface area contributed by atoms with E-state index in [2.05, 4.69) is 4.98 Å². The maximum atomic E-state index is 13.9. The molecule has 1 fully saturated rings. The third kappa shape index (κ3) is 6.16. The van der Waals surface area contributed by atoms with Crippen LogP contribution in [0.5, 0.6) is 5.88 Å². The number of ether oxygens (including phenoxy) is 1. The van der Waals surface area contributed by atoms with Gasteiger partial charge in [0.15, 0.2) is 0 Å². The molecule has 0 spiro atoms. The van der Waals surface area contributed by atoms with Crippen LogP contribution in [-0.4, -0.2) is 53.4 Å². The summed E-state index contributed by atoms with van der Waals surface area (Å²) in [5.74, 6) is -2.83. The highest BCUT2D eigenvalue weighted by molar-refractivity contribution is 5.88. The molecule has 31 heavy (non-hydrogen) atoms. The second kappa shape index (κ2) is 9.64. The van der Waals surface area contributed by atoms with Crippen LogP contribution < -0.4 is 4.74 Å². The Morgan fingerprint density at radius 2 is 1.90 bits per heavy atom. The van der Waals surface area contributed by atoms with E-state index < -0.39 is 29.4 Å². The van der Waals surface area contributed by atoms with Crippen LogP contribution in [0.4, 0.5) is 17.6 Å². The lowest BCUT2D eigenvalue weighted by Gasteiger charge is -2.33. The molecule has 9 heteroatoms. The molecule has 5 nitrogen and oxygen atoms in total. The van der Waals surface area contributed by atoms with E-state index in [0.717, 1.165) is 18.9 Å². The smallest absolute Gasteiger partial charge is 0.392 e. The van der Waals surface area contributed by atoms with Crippen LogP contribution in [0.1, 0.15) is 30.1 Å². The molecule has 1 unspecified atom stereocenters. The molecule has 3 rings (SSSR count). The number of piperidine rings is 1. The van der Waals surface area contributed by atoms with Crippen LogP contribution in [-0.2, 0) is 0 Å². The van der Waals surface area contributed by atoms with Crippen LogP contribution >= 0.6 is 0 Å². The van der Waals surface area contributed by atoms with E-state index in [0.29, 0.717) is 36.7 Å². The van der Waals surface area contributed by atoms with Gasteiger partial charge in [-0.15, -0.1) is 0 Å². The molecule has 168 valence electrons. The largest absolute Gasteiger partial charge is 0.478 e. The number of carboxylic acid groups (broad SMARTS) is 1. The van der Waals surface area contributed by atoms with Crippen LogP contribution in [0.3, 0.4) is 0 Å². The average Bonchev–Trinajstić information content (AvgIpc) is 2.72. The molecule has 2 aromatic rings. The number of aromatic carboxylic acids is 1. The van der Waals surface area contributed by atoms with E-state index in [-0.39, 0.29) is 12.5 Å². The SMILES string of the molecule is CC(CN1CCC(COc2ccc(-c3ccc(C(=O)O)c(F)c3)cn2)CC1)C(F)(F)F. The predicted molar refractivity (Wildman–Crippen MR) is 106 cm³/mol. The monoisotopic (exact) mass is 440 g/mol. The van der Waals surface area contributed by atoms with Gasteiger partial charge in [0.05, 0.1) is 18.1 Å². The first-order valence-electron chi connectivity index (χ1n) is 10.0. The highest BCUT2D eigenvalue weighted by atomic mass is 19.4. The Morgan fingerprint density at radius 1 is 1.23 bits per heavy atom. The van der Waals surface area contributed by atoms with Gasteiger partial charge in [0.25, 0.3) is 0 Å². The minimum Gasteiger partial charge on any atom is -0.478 e. The zero-order chi connectivity index (χ0) is 22.6. The summed E-state index contributed by atoms with van der Waals surface area (Å²) < 4.78 is 57.7. The molecule has 1 aromatic carbocycles. The molecule has 1 saturated heterocycles. The molecule has 0 radical (unpaired) electrons. The molecule has 1 aliphatic rings. The minimum atomic E-state index is -4.16. The Balaban J connectivity index is 1.48. The normalized spacial score (nSPS) is 16.8. The molecule has 0 saturated carbocycles. The van der Waals surface area contributed by atoms with Crippen LogP contribution in [0.25, 0.3) is 11.1 Å². The van der Waals surface area contributed by atoms with Crippen molar-refractivity contribution in [3.8, 4) is 17.0 Å². The number of likely N-dealkylation sites (tertiary alicyclic amines) is 1. The Bertz CT molecular complexity index is 895. The summed E-state index contributed by atoms with van der Waals surface area (Å²) >= 11 is 0. The number of hydrogen-bond donors (Lipinski definition) is 1. The number of aromatic nitrogens is 1. The van der Waals surface area contributed by atoms with E-state index in [1.807, 2.05) is 4.90 Å². The van der Waals surface area contributed by atoms with Gasteiger partial charge in [-0.05, 0) is 55.6 Å². The molecule has 2 heterocycles. The number of nitrogens with zero attached hydrogens (tertiary/aromatic N) is 2. The Kier molecular flexibility index (Phi) is 7.15. The fraction of sp³-hybridized carbons (Fsp3) is 0.455. The second-order valence-corrected chi connectivity index (χ2v) is 7.88. The quantitative estimate of drug-likeness (QED) is 0.622. The summed E-state index contributed by atoms with van der Waals surface area (Å²) in [7, 11) is 0. The van der Waals surface area contributed by atoms with Gasteiger partial charge in [-0.1, -0.05) is 13.0 Å². The molecule has 0 aliphatic carbocycles. The summed E-state index contributed by atoms with van der Waals surface area (Å²) in [6.07, 6.45) is -1.12. The van der Waals surface area contributed by atoms with Crippen molar-refractivity contribution in [3.63, 3.8) is 0 Å². The van der Waals surface area contributed by atoms with Crippen molar-refractivity contribution in [3.05, 3.63) is 47.9 Å². The van der Waals surface area contributed by atoms with Crippen molar-refractivity contribution in [1.82, 2.24) is 9.88 Å². The van der Waals surface area contributed by atoms with Crippen molar-refractivity contribution in [2.75, 3.05) is 26.2 Å². The highest BCUT2D eigenvalue weighted by Crippen LogP contribution is 2.28. The second-order valence-electron chi connectivity index (χ2n) is 7.88. The number of carbonyl (C=O) groups is 1. The zero-order valence-electron chi connectivity index (χ0n) is 17.0. The molecule has 0 amide bonds. The number of halogens is 4. The molecule has 0 bridgehead atoms. The van der Waals surface area contributed by atoms with Gasteiger partial charge >= 0.3 is 12.1 Å². The van der Waals surface area contributed by atoms with E-state index in [4.69, 9.17) is 9.84 Å². The van der Waals surface area contributed by atoms with Gasteiger partial charge in [0.1, 0.15) is 5.82 Å². The third-order valence-electron chi connectivity index (χ3n) is 5.53. The number of rotatable bonds is 7. The fourth-order valence-corrected chi connectivity index (χ4v) is 3.53. The van der Waals surface area contributed by atoms with E-state index in [1.54, 1.807) is 12.1 Å². The third-order valence-corrected chi connectivity index (χ3v) is 5.53. The van der Waals surface area contributed by atoms with Crippen LogP contribution in [0, 0.1) is 17.7 Å². The number of carboxylic acids is 1. The minimum absolute atomic E-state index is 0.0220. The molecular formula is C22H24F4N2O3. The summed E-state index contributed by atoms with van der Waals surface area (Å²) in [6, 6.07) is 7.22. The van der Waals surface area contributed by atoms with Crippen molar-refractivity contribution < 1.29 is 32.2 Å². The first-order valence-corrected chi connectivity index (χ1v) is 10.0. The first-order chi connectivity index (χ1) is 14.6. The molecule has 1 aromatic heterocycles. The molecule has 1 aliphatic heterocycles. The lowest BCUT2D eigenvalue weighted by atomic mass is 9.97.